The van der Waals surface area contributed by atoms with Crippen LogP contribution < -0.4 is 0 Å². The van der Waals surface area contributed by atoms with E-state index >= 15 is 0 Å². The van der Waals surface area contributed by atoms with Gasteiger partial charge in [0.15, 0.2) is 0 Å². The highest BCUT2D eigenvalue weighted by Gasteiger charge is 2.39. The molecule has 2 aromatic carbocycles. The molecule has 1 fully saturated rings. The topological polar surface area (TPSA) is 46.6 Å². The highest BCUT2D eigenvalue weighted by atomic mass is 19.3. The Hall–Kier alpha value is -3.02. The molecule has 0 aliphatic carbocycles. The van der Waals surface area contributed by atoms with Crippen LogP contribution in [0, 0.1) is 0 Å². The number of carbonyl (C=O) groups excluding carboxylic acids is 2. The van der Waals surface area contributed by atoms with E-state index in [1.807, 2.05) is 36.4 Å². The molecule has 3 rings (SSSR count). The van der Waals surface area contributed by atoms with E-state index in [2.05, 4.69) is 0 Å². The summed E-state index contributed by atoms with van der Waals surface area (Å²) in [4.78, 5) is 25.6. The van der Waals surface area contributed by atoms with E-state index in [0.29, 0.717) is 6.42 Å². The highest BCUT2D eigenvalue weighted by molar-refractivity contribution is 5.94. The first-order valence-electron chi connectivity index (χ1n) is 8.67. The molecule has 0 radical (unpaired) electrons. The van der Waals surface area contributed by atoms with Gasteiger partial charge in [0.05, 0.1) is 6.42 Å². The van der Waals surface area contributed by atoms with E-state index < -0.39 is 30.5 Å². The molecule has 27 heavy (non-hydrogen) atoms. The van der Waals surface area contributed by atoms with Crippen LogP contribution in [0.3, 0.4) is 0 Å². The number of nitrogens with zero attached hydrogens (tertiary/aromatic N) is 1. The molecule has 0 aromatic heterocycles. The molecule has 0 spiro atoms. The summed E-state index contributed by atoms with van der Waals surface area (Å²) in [6.07, 6.45) is -2.73. The molecule has 2 aromatic rings. The number of ether oxygens (including phenoxy) is 1. The van der Waals surface area contributed by atoms with Crippen LogP contribution in [0.15, 0.2) is 72.3 Å². The number of halogens is 2. The number of aryl methyl sites for hydroxylation is 1. The fraction of sp³-hybridized carbons (Fsp3) is 0.238. The summed E-state index contributed by atoms with van der Waals surface area (Å²) in [6, 6.07) is 17.5. The van der Waals surface area contributed by atoms with Gasteiger partial charge in [-0.25, -0.2) is 9.69 Å². The van der Waals surface area contributed by atoms with Crippen LogP contribution in [0.5, 0.6) is 0 Å². The molecule has 1 heterocycles. The third kappa shape index (κ3) is 4.58. The van der Waals surface area contributed by atoms with Gasteiger partial charge in [-0.1, -0.05) is 60.7 Å². The van der Waals surface area contributed by atoms with Crippen molar-refractivity contribution in [2.75, 3.05) is 6.61 Å². The average molecular weight is 371 g/mol. The Balaban J connectivity index is 1.71. The van der Waals surface area contributed by atoms with Crippen molar-refractivity contribution in [3.63, 3.8) is 0 Å². The Morgan fingerprint density at radius 2 is 1.67 bits per heavy atom. The van der Waals surface area contributed by atoms with Crippen LogP contribution in [-0.2, 0) is 16.0 Å². The standard InChI is InChI=1S/C21H19F2NO3/c22-20(23)17(12-11-15-7-3-1-4-8-15)13-19(25)24-18(14-27-21(24)26)16-9-5-2-6-10-16/h1-10,18H,11-14H2/t18-/m1/s1. The van der Waals surface area contributed by atoms with E-state index in [4.69, 9.17) is 4.74 Å². The van der Waals surface area contributed by atoms with Gasteiger partial charge in [0, 0.05) is 5.57 Å². The minimum atomic E-state index is -1.87. The molecule has 1 saturated heterocycles. The number of cyclic esters (lactones) is 1. The number of carbonyl (C=O) groups is 2. The molecule has 6 heteroatoms. The Kier molecular flexibility index (Phi) is 5.96. The van der Waals surface area contributed by atoms with E-state index in [0.717, 1.165) is 16.0 Å². The van der Waals surface area contributed by atoms with Crippen LogP contribution in [0.25, 0.3) is 0 Å². The van der Waals surface area contributed by atoms with E-state index in [1.54, 1.807) is 24.3 Å². The van der Waals surface area contributed by atoms with Crippen molar-refractivity contribution < 1.29 is 23.1 Å². The summed E-state index contributed by atoms with van der Waals surface area (Å²) in [7, 11) is 0. The van der Waals surface area contributed by atoms with Gasteiger partial charge in [0.2, 0.25) is 5.91 Å². The fourth-order valence-electron chi connectivity index (χ4n) is 3.07. The van der Waals surface area contributed by atoms with Gasteiger partial charge in [-0.3, -0.25) is 4.79 Å². The number of hydrogen-bond donors (Lipinski definition) is 0. The van der Waals surface area contributed by atoms with Crippen molar-refractivity contribution in [1.82, 2.24) is 4.90 Å². The summed E-state index contributed by atoms with van der Waals surface area (Å²) in [5.41, 5.74) is 1.38. The number of amides is 2. The van der Waals surface area contributed by atoms with Crippen molar-refractivity contribution in [1.29, 1.82) is 0 Å². The van der Waals surface area contributed by atoms with Crippen molar-refractivity contribution in [2.45, 2.75) is 25.3 Å². The van der Waals surface area contributed by atoms with Crippen LogP contribution in [-0.4, -0.2) is 23.5 Å². The van der Waals surface area contributed by atoms with Gasteiger partial charge in [-0.15, -0.1) is 0 Å². The minimum Gasteiger partial charge on any atom is -0.446 e. The maximum Gasteiger partial charge on any atom is 0.417 e. The number of rotatable bonds is 6. The third-order valence-electron chi connectivity index (χ3n) is 4.52. The minimum absolute atomic E-state index is 0.0236. The second kappa shape index (κ2) is 8.58. The summed E-state index contributed by atoms with van der Waals surface area (Å²) >= 11 is 0. The second-order valence-electron chi connectivity index (χ2n) is 6.29. The van der Waals surface area contributed by atoms with Crippen molar-refractivity contribution in [3.8, 4) is 0 Å². The normalized spacial score (nSPS) is 16.1. The molecule has 0 saturated carbocycles. The maximum atomic E-state index is 13.4. The molecule has 0 N–H and O–H groups in total. The summed E-state index contributed by atoms with van der Waals surface area (Å²) in [6.45, 7) is 0.0236. The van der Waals surface area contributed by atoms with Crippen molar-refractivity contribution in [2.24, 2.45) is 0 Å². The predicted molar refractivity (Wildman–Crippen MR) is 96.0 cm³/mol. The number of imide groups is 1. The molecule has 0 bridgehead atoms. The van der Waals surface area contributed by atoms with Crippen LogP contribution in [0.4, 0.5) is 13.6 Å². The predicted octanol–water partition coefficient (Wildman–Crippen LogP) is 4.88. The summed E-state index contributed by atoms with van der Waals surface area (Å²) in [5.74, 6) is -0.679. The zero-order valence-corrected chi connectivity index (χ0v) is 14.6. The Labute approximate surface area is 156 Å². The Morgan fingerprint density at radius 1 is 1.04 bits per heavy atom. The second-order valence-corrected chi connectivity index (χ2v) is 6.29. The first kappa shape index (κ1) is 18.8. The van der Waals surface area contributed by atoms with Gasteiger partial charge in [-0.05, 0) is 24.0 Å². The smallest absolute Gasteiger partial charge is 0.417 e. The lowest BCUT2D eigenvalue weighted by Crippen LogP contribution is -2.34. The molecule has 2 amide bonds. The van der Waals surface area contributed by atoms with E-state index in [9.17, 15) is 18.4 Å². The zero-order valence-electron chi connectivity index (χ0n) is 14.6. The molecule has 4 nitrogen and oxygen atoms in total. The molecule has 1 aliphatic heterocycles. The van der Waals surface area contributed by atoms with Crippen molar-refractivity contribution in [3.05, 3.63) is 83.4 Å². The first-order valence-corrected chi connectivity index (χ1v) is 8.67. The largest absolute Gasteiger partial charge is 0.446 e. The Bertz CT molecular complexity index is 833. The molecular formula is C21H19F2NO3. The maximum absolute atomic E-state index is 13.4. The van der Waals surface area contributed by atoms with Gasteiger partial charge in [0.1, 0.15) is 12.6 Å². The van der Waals surface area contributed by atoms with Gasteiger partial charge in [-0.2, -0.15) is 8.78 Å². The molecule has 1 aliphatic rings. The lowest BCUT2D eigenvalue weighted by molar-refractivity contribution is -0.128. The average Bonchev–Trinajstić information content (AvgIpc) is 3.08. The van der Waals surface area contributed by atoms with E-state index in [-0.39, 0.29) is 18.6 Å². The molecule has 140 valence electrons. The van der Waals surface area contributed by atoms with E-state index in [1.165, 1.54) is 0 Å². The first-order chi connectivity index (χ1) is 13.1. The quantitative estimate of drug-likeness (QED) is 0.727. The van der Waals surface area contributed by atoms with Crippen LogP contribution in [0.2, 0.25) is 0 Å². The number of hydrogen-bond acceptors (Lipinski definition) is 3. The molecule has 1 atom stereocenters. The lowest BCUT2D eigenvalue weighted by atomic mass is 10.0. The fourth-order valence-corrected chi connectivity index (χ4v) is 3.07. The van der Waals surface area contributed by atoms with Gasteiger partial charge < -0.3 is 4.74 Å². The lowest BCUT2D eigenvalue weighted by Gasteiger charge is -2.20. The summed E-state index contributed by atoms with van der Waals surface area (Å²) < 4.78 is 31.7. The third-order valence-corrected chi connectivity index (χ3v) is 4.52. The molecule has 0 unspecified atom stereocenters. The SMILES string of the molecule is O=C(CC(CCc1ccccc1)=C(F)F)N1C(=O)OC[C@@H]1c1ccccc1. The van der Waals surface area contributed by atoms with Gasteiger partial charge >= 0.3 is 6.09 Å². The van der Waals surface area contributed by atoms with Crippen LogP contribution in [0.1, 0.15) is 30.0 Å². The van der Waals surface area contributed by atoms with Gasteiger partial charge in [0.25, 0.3) is 6.08 Å². The Morgan fingerprint density at radius 3 is 2.30 bits per heavy atom. The van der Waals surface area contributed by atoms with Crippen LogP contribution >= 0.6 is 0 Å². The van der Waals surface area contributed by atoms with Crippen molar-refractivity contribution >= 4 is 12.0 Å². The highest BCUT2D eigenvalue weighted by Crippen LogP contribution is 2.30. The summed E-state index contributed by atoms with van der Waals surface area (Å²) in [5, 5.41) is 0. The monoisotopic (exact) mass is 371 g/mol. The zero-order chi connectivity index (χ0) is 19.2. The number of benzene rings is 2. The molecular weight excluding hydrogens is 352 g/mol.